The summed E-state index contributed by atoms with van der Waals surface area (Å²) in [7, 11) is -3.46. The molecule has 2 aliphatic rings. The molecule has 0 aromatic carbocycles. The number of ether oxygens (including phenoxy) is 1. The Morgan fingerprint density at radius 2 is 2.27 bits per heavy atom. The van der Waals surface area contributed by atoms with Crippen molar-refractivity contribution < 1.29 is 17.6 Å². The minimum absolute atomic E-state index is 0.172. The van der Waals surface area contributed by atoms with E-state index in [0.717, 1.165) is 31.6 Å². The predicted molar refractivity (Wildman–Crippen MR) is 82.5 cm³/mol. The van der Waals surface area contributed by atoms with Gasteiger partial charge in [-0.15, -0.1) is 0 Å². The lowest BCUT2D eigenvalue weighted by molar-refractivity contribution is 0.179. The van der Waals surface area contributed by atoms with E-state index in [2.05, 4.69) is 0 Å². The van der Waals surface area contributed by atoms with Gasteiger partial charge in [-0.25, -0.2) is 0 Å². The Morgan fingerprint density at radius 1 is 1.41 bits per heavy atom. The maximum Gasteiger partial charge on any atom is 0.282 e. The standard InChI is InChI=1S/C15H24N2O4S/c1-2-16(11-13-7-10-20-12-13)22(18,19)17-8-3-5-14(17)15-6-4-9-21-15/h4,6,9,13-14H,2-3,5,7-8,10-12H2,1H3/t13-,14-/m0/s1. The van der Waals surface area contributed by atoms with E-state index in [9.17, 15) is 8.42 Å². The average molecular weight is 328 g/mol. The molecular weight excluding hydrogens is 304 g/mol. The molecule has 3 rings (SSSR count). The van der Waals surface area contributed by atoms with E-state index in [0.29, 0.717) is 32.2 Å². The van der Waals surface area contributed by atoms with Crippen LogP contribution in [0.1, 0.15) is 38.0 Å². The molecule has 124 valence electrons. The molecule has 6 nitrogen and oxygen atoms in total. The van der Waals surface area contributed by atoms with Gasteiger partial charge in [-0.3, -0.25) is 0 Å². The SMILES string of the molecule is CCN(C[C@@H]1CCOC1)S(=O)(=O)N1CCC[C@H]1c1ccco1. The average Bonchev–Trinajstić information content (AvgIpc) is 3.25. The molecule has 0 N–H and O–H groups in total. The molecule has 22 heavy (non-hydrogen) atoms. The lowest BCUT2D eigenvalue weighted by Gasteiger charge is -2.30. The summed E-state index contributed by atoms with van der Waals surface area (Å²) in [4.78, 5) is 0. The molecule has 2 atom stereocenters. The van der Waals surface area contributed by atoms with Crippen molar-refractivity contribution in [2.75, 3.05) is 32.8 Å². The van der Waals surface area contributed by atoms with E-state index >= 15 is 0 Å². The highest BCUT2D eigenvalue weighted by Crippen LogP contribution is 2.35. The van der Waals surface area contributed by atoms with Gasteiger partial charge in [-0.1, -0.05) is 6.92 Å². The van der Waals surface area contributed by atoms with Crippen LogP contribution in [0.3, 0.4) is 0 Å². The highest BCUT2D eigenvalue weighted by atomic mass is 32.2. The molecule has 2 saturated heterocycles. The molecule has 0 radical (unpaired) electrons. The molecule has 0 aliphatic carbocycles. The van der Waals surface area contributed by atoms with Crippen LogP contribution in [0.4, 0.5) is 0 Å². The monoisotopic (exact) mass is 328 g/mol. The fourth-order valence-corrected chi connectivity index (χ4v) is 5.24. The number of rotatable bonds is 6. The maximum absolute atomic E-state index is 13.0. The van der Waals surface area contributed by atoms with Gasteiger partial charge in [-0.05, 0) is 37.3 Å². The summed E-state index contributed by atoms with van der Waals surface area (Å²) in [6.07, 6.45) is 4.23. The maximum atomic E-state index is 13.0. The zero-order chi connectivity index (χ0) is 15.6. The van der Waals surface area contributed by atoms with E-state index in [1.165, 1.54) is 0 Å². The molecule has 0 unspecified atom stereocenters. The topological polar surface area (TPSA) is 63.0 Å². The van der Waals surface area contributed by atoms with Crippen molar-refractivity contribution >= 4 is 10.2 Å². The molecule has 2 fully saturated rings. The normalized spacial score (nSPS) is 27.0. The van der Waals surface area contributed by atoms with Crippen LogP contribution in [0.15, 0.2) is 22.8 Å². The van der Waals surface area contributed by atoms with E-state index in [1.807, 2.05) is 19.1 Å². The second-order valence-electron chi connectivity index (χ2n) is 5.97. The summed E-state index contributed by atoms with van der Waals surface area (Å²) in [5.74, 6) is 1.04. The van der Waals surface area contributed by atoms with Gasteiger partial charge < -0.3 is 9.15 Å². The van der Waals surface area contributed by atoms with Crippen LogP contribution in [0, 0.1) is 5.92 Å². The molecule has 3 heterocycles. The van der Waals surface area contributed by atoms with E-state index in [1.54, 1.807) is 14.9 Å². The summed E-state index contributed by atoms with van der Waals surface area (Å²) in [6, 6.07) is 3.50. The van der Waals surface area contributed by atoms with Crippen molar-refractivity contribution in [3.8, 4) is 0 Å². The van der Waals surface area contributed by atoms with E-state index < -0.39 is 10.2 Å². The first-order valence-corrected chi connectivity index (χ1v) is 9.40. The molecule has 0 amide bonds. The Balaban J connectivity index is 1.77. The van der Waals surface area contributed by atoms with E-state index in [4.69, 9.17) is 9.15 Å². The van der Waals surface area contributed by atoms with Crippen molar-refractivity contribution in [1.29, 1.82) is 0 Å². The zero-order valence-corrected chi connectivity index (χ0v) is 13.8. The van der Waals surface area contributed by atoms with Crippen LogP contribution in [0.5, 0.6) is 0 Å². The van der Waals surface area contributed by atoms with Crippen molar-refractivity contribution in [2.45, 2.75) is 32.2 Å². The highest BCUT2D eigenvalue weighted by molar-refractivity contribution is 7.86. The quantitative estimate of drug-likeness (QED) is 0.801. The first-order chi connectivity index (χ1) is 10.6. The third-order valence-electron chi connectivity index (χ3n) is 4.54. The van der Waals surface area contributed by atoms with Crippen LogP contribution in [0.25, 0.3) is 0 Å². The Morgan fingerprint density at radius 3 is 2.91 bits per heavy atom. The van der Waals surface area contributed by atoms with Gasteiger partial charge in [0, 0.05) is 26.2 Å². The summed E-state index contributed by atoms with van der Waals surface area (Å²) < 4.78 is 40.1. The molecule has 0 spiro atoms. The lowest BCUT2D eigenvalue weighted by Crippen LogP contribution is -2.45. The zero-order valence-electron chi connectivity index (χ0n) is 13.0. The first kappa shape index (κ1) is 16.0. The molecule has 0 bridgehead atoms. The Kier molecular flexibility index (Phi) is 4.87. The van der Waals surface area contributed by atoms with Crippen LogP contribution in [0.2, 0.25) is 0 Å². The van der Waals surface area contributed by atoms with Gasteiger partial charge in [0.15, 0.2) is 0 Å². The molecule has 0 saturated carbocycles. The number of nitrogens with zero attached hydrogens (tertiary/aromatic N) is 2. The molecule has 2 aliphatic heterocycles. The third-order valence-corrected chi connectivity index (χ3v) is 6.63. The van der Waals surface area contributed by atoms with Crippen molar-refractivity contribution in [1.82, 2.24) is 8.61 Å². The second kappa shape index (κ2) is 6.70. The Hall–Kier alpha value is -0.890. The smallest absolute Gasteiger partial charge is 0.282 e. The number of hydrogen-bond donors (Lipinski definition) is 0. The van der Waals surface area contributed by atoms with Gasteiger partial charge >= 0.3 is 0 Å². The first-order valence-electron chi connectivity index (χ1n) is 8.01. The van der Waals surface area contributed by atoms with Crippen molar-refractivity contribution in [2.24, 2.45) is 5.92 Å². The lowest BCUT2D eigenvalue weighted by atomic mass is 10.1. The minimum Gasteiger partial charge on any atom is -0.468 e. The Bertz CT molecular complexity index is 566. The Labute approximate surface area is 132 Å². The van der Waals surface area contributed by atoms with Crippen molar-refractivity contribution in [3.05, 3.63) is 24.2 Å². The molecule has 1 aromatic heterocycles. The number of hydrogen-bond acceptors (Lipinski definition) is 4. The summed E-state index contributed by atoms with van der Waals surface area (Å²) in [5, 5.41) is 0. The van der Waals surface area contributed by atoms with Gasteiger partial charge in [0.25, 0.3) is 10.2 Å². The largest absolute Gasteiger partial charge is 0.468 e. The van der Waals surface area contributed by atoms with Crippen LogP contribution in [-0.4, -0.2) is 49.9 Å². The molecular formula is C15H24N2O4S. The summed E-state index contributed by atoms with van der Waals surface area (Å²) in [6.45, 7) is 4.88. The molecule has 1 aromatic rings. The fourth-order valence-electron chi connectivity index (χ4n) is 3.33. The van der Waals surface area contributed by atoms with Gasteiger partial charge in [-0.2, -0.15) is 17.0 Å². The fraction of sp³-hybridized carbons (Fsp3) is 0.733. The van der Waals surface area contributed by atoms with Gasteiger partial charge in [0.2, 0.25) is 0 Å². The predicted octanol–water partition coefficient (Wildman–Crippen LogP) is 2.02. The third kappa shape index (κ3) is 3.08. The van der Waals surface area contributed by atoms with Crippen LogP contribution >= 0.6 is 0 Å². The summed E-state index contributed by atoms with van der Waals surface area (Å²) >= 11 is 0. The van der Waals surface area contributed by atoms with Gasteiger partial charge in [0.1, 0.15) is 5.76 Å². The summed E-state index contributed by atoms with van der Waals surface area (Å²) in [5.41, 5.74) is 0. The van der Waals surface area contributed by atoms with Crippen LogP contribution in [-0.2, 0) is 14.9 Å². The van der Waals surface area contributed by atoms with E-state index in [-0.39, 0.29) is 6.04 Å². The number of furan rings is 1. The minimum atomic E-state index is -3.46. The second-order valence-corrected chi connectivity index (χ2v) is 7.85. The van der Waals surface area contributed by atoms with Crippen molar-refractivity contribution in [3.63, 3.8) is 0 Å². The highest BCUT2D eigenvalue weighted by Gasteiger charge is 2.40. The van der Waals surface area contributed by atoms with Gasteiger partial charge in [0.05, 0.1) is 18.9 Å². The van der Waals surface area contributed by atoms with Crippen LogP contribution < -0.4 is 0 Å². The molecule has 7 heteroatoms.